The second-order valence-corrected chi connectivity index (χ2v) is 6.37. The lowest BCUT2D eigenvalue weighted by Crippen LogP contribution is -2.18. The van der Waals surface area contributed by atoms with Crippen LogP contribution in [0.5, 0.6) is 0 Å². The first-order valence-electron chi connectivity index (χ1n) is 7.18. The molecule has 0 aliphatic carbocycles. The Kier molecular flexibility index (Phi) is 4.36. The highest BCUT2D eigenvalue weighted by atomic mass is 32.2. The van der Waals surface area contributed by atoms with Gasteiger partial charge in [-0.3, -0.25) is 5.01 Å². The highest BCUT2D eigenvalue weighted by Gasteiger charge is 2.27. The molecule has 1 aliphatic rings. The molecule has 22 heavy (non-hydrogen) atoms. The van der Waals surface area contributed by atoms with Crippen LogP contribution in [0.15, 0.2) is 59.7 Å². The van der Waals surface area contributed by atoms with Gasteiger partial charge < -0.3 is 4.55 Å². The first-order chi connectivity index (χ1) is 10.6. The van der Waals surface area contributed by atoms with Crippen molar-refractivity contribution in [1.82, 2.24) is 0 Å². The lowest BCUT2D eigenvalue weighted by Gasteiger charge is -2.24. The Bertz CT molecular complexity index is 698. The summed E-state index contributed by atoms with van der Waals surface area (Å²) in [5.74, 6) is 0.170. The maximum absolute atomic E-state index is 10.9. The van der Waals surface area contributed by atoms with E-state index in [-0.39, 0.29) is 11.8 Å². The van der Waals surface area contributed by atoms with Gasteiger partial charge >= 0.3 is 0 Å². The van der Waals surface area contributed by atoms with Crippen molar-refractivity contribution >= 4 is 22.5 Å². The lowest BCUT2D eigenvalue weighted by atomic mass is 10.0. The summed E-state index contributed by atoms with van der Waals surface area (Å²) in [6, 6.07) is 18.2. The third-order valence-electron chi connectivity index (χ3n) is 3.74. The minimum Gasteiger partial charge on any atom is -0.306 e. The summed E-state index contributed by atoms with van der Waals surface area (Å²) in [4.78, 5) is 0. The van der Waals surface area contributed by atoms with Gasteiger partial charge in [0, 0.05) is 12.1 Å². The summed E-state index contributed by atoms with van der Waals surface area (Å²) in [6.07, 6.45) is 0.889. The highest BCUT2D eigenvalue weighted by molar-refractivity contribution is 7.78. The number of para-hydroxylation sites is 1. The quantitative estimate of drug-likeness (QED) is 0.875. The summed E-state index contributed by atoms with van der Waals surface area (Å²) >= 11 is -1.80. The molecule has 1 heterocycles. The van der Waals surface area contributed by atoms with Gasteiger partial charge in [0.2, 0.25) is 0 Å². The molecule has 5 heteroatoms. The van der Waals surface area contributed by atoms with Crippen molar-refractivity contribution in [3.05, 3.63) is 65.7 Å². The number of hydrogen-bond acceptors (Lipinski definition) is 3. The highest BCUT2D eigenvalue weighted by Crippen LogP contribution is 2.34. The van der Waals surface area contributed by atoms with Crippen LogP contribution in [0.2, 0.25) is 0 Å². The monoisotopic (exact) mass is 314 g/mol. The van der Waals surface area contributed by atoms with E-state index < -0.39 is 11.1 Å². The molecule has 0 amide bonds. The van der Waals surface area contributed by atoms with Gasteiger partial charge in [-0.05, 0) is 30.2 Å². The van der Waals surface area contributed by atoms with Gasteiger partial charge in [-0.15, -0.1) is 0 Å². The predicted octanol–water partition coefficient (Wildman–Crippen LogP) is 3.74. The molecule has 1 N–H and O–H groups in total. The first kappa shape index (κ1) is 14.9. The van der Waals surface area contributed by atoms with Crippen LogP contribution in [0, 0.1) is 0 Å². The zero-order chi connectivity index (χ0) is 15.5. The fraction of sp³-hybridized carbons (Fsp3) is 0.235. The van der Waals surface area contributed by atoms with Crippen LogP contribution in [0.4, 0.5) is 5.69 Å². The molecule has 3 rings (SSSR count). The van der Waals surface area contributed by atoms with Gasteiger partial charge in [0.05, 0.1) is 17.5 Å². The Morgan fingerprint density at radius 3 is 2.50 bits per heavy atom. The number of hydrogen-bond donors (Lipinski definition) is 1. The Hall–Kier alpha value is -1.98. The Morgan fingerprint density at radius 2 is 1.86 bits per heavy atom. The minimum absolute atomic E-state index is 0.170. The number of benzene rings is 2. The third-order valence-corrected chi connectivity index (χ3v) is 4.32. The van der Waals surface area contributed by atoms with E-state index in [9.17, 15) is 4.21 Å². The van der Waals surface area contributed by atoms with Crippen molar-refractivity contribution in [1.29, 1.82) is 0 Å². The number of anilines is 1. The van der Waals surface area contributed by atoms with Gasteiger partial charge in [-0.25, -0.2) is 4.21 Å². The average Bonchev–Trinajstić information content (AvgIpc) is 2.90. The lowest BCUT2D eigenvalue weighted by molar-refractivity contribution is 0.563. The van der Waals surface area contributed by atoms with E-state index >= 15 is 0 Å². The second kappa shape index (κ2) is 6.42. The summed E-state index contributed by atoms with van der Waals surface area (Å²) in [6.45, 7) is 2.04. The zero-order valence-corrected chi connectivity index (χ0v) is 13.2. The first-order valence-corrected chi connectivity index (χ1v) is 8.46. The molecular formula is C17H18N2O2S. The fourth-order valence-electron chi connectivity index (χ4n) is 2.72. The number of nitrogens with zero attached hydrogens (tertiary/aromatic N) is 2. The van der Waals surface area contributed by atoms with E-state index in [1.807, 2.05) is 49.4 Å². The molecule has 2 aromatic carbocycles. The van der Waals surface area contributed by atoms with E-state index in [4.69, 9.17) is 4.55 Å². The predicted molar refractivity (Wildman–Crippen MR) is 90.3 cm³/mol. The topological polar surface area (TPSA) is 52.9 Å². The largest absolute Gasteiger partial charge is 0.306 e. The van der Waals surface area contributed by atoms with Crippen molar-refractivity contribution in [3.63, 3.8) is 0 Å². The molecule has 114 valence electrons. The van der Waals surface area contributed by atoms with Gasteiger partial charge in [-0.1, -0.05) is 42.5 Å². The third kappa shape index (κ3) is 3.26. The van der Waals surface area contributed by atoms with Crippen molar-refractivity contribution in [3.8, 4) is 0 Å². The molecule has 0 fully saturated rings. The maximum Gasteiger partial charge on any atom is 0.157 e. The molecule has 4 nitrogen and oxygen atoms in total. The fourth-order valence-corrected chi connectivity index (χ4v) is 3.19. The van der Waals surface area contributed by atoms with Crippen LogP contribution in [0.1, 0.15) is 30.5 Å². The molecular weight excluding hydrogens is 296 g/mol. The van der Waals surface area contributed by atoms with E-state index in [0.717, 1.165) is 28.9 Å². The van der Waals surface area contributed by atoms with Crippen molar-refractivity contribution in [2.24, 2.45) is 5.10 Å². The van der Waals surface area contributed by atoms with E-state index in [1.54, 1.807) is 0 Å². The Labute approximate surface area is 132 Å². The molecule has 0 spiro atoms. The summed E-state index contributed by atoms with van der Waals surface area (Å²) < 4.78 is 19.8. The molecule has 1 aliphatic heterocycles. The normalized spacial score (nSPS) is 19.1. The van der Waals surface area contributed by atoms with Gasteiger partial charge in [0.15, 0.2) is 11.1 Å². The van der Waals surface area contributed by atoms with Gasteiger partial charge in [0.25, 0.3) is 0 Å². The minimum atomic E-state index is -1.80. The average molecular weight is 314 g/mol. The van der Waals surface area contributed by atoms with Gasteiger partial charge in [-0.2, -0.15) is 5.10 Å². The number of hydrazone groups is 1. The molecule has 2 unspecified atom stereocenters. The smallest absolute Gasteiger partial charge is 0.157 e. The molecule has 2 atom stereocenters. The van der Waals surface area contributed by atoms with Crippen molar-refractivity contribution < 1.29 is 8.76 Å². The molecule has 0 saturated heterocycles. The van der Waals surface area contributed by atoms with Crippen LogP contribution in [-0.4, -0.2) is 14.5 Å². The summed E-state index contributed by atoms with van der Waals surface area (Å²) in [5.41, 5.74) is 4.21. The maximum atomic E-state index is 10.9. The SMILES string of the molecule is CC1=NN(c2ccccc2)C(c2ccc(CS(=O)O)cc2)C1. The van der Waals surface area contributed by atoms with Crippen LogP contribution in [0.25, 0.3) is 0 Å². The zero-order valence-electron chi connectivity index (χ0n) is 12.3. The Balaban J connectivity index is 1.85. The standard InChI is InChI=1S/C17H18N2O2S/c1-13-11-17(19(18-13)16-5-3-2-4-6-16)15-9-7-14(8-10-15)12-22(20)21/h2-10,17H,11-12H2,1H3,(H,20,21). The summed E-state index contributed by atoms with van der Waals surface area (Å²) in [7, 11) is 0. The number of rotatable bonds is 4. The second-order valence-electron chi connectivity index (χ2n) is 5.44. The molecule has 0 saturated carbocycles. The van der Waals surface area contributed by atoms with Crippen LogP contribution < -0.4 is 5.01 Å². The van der Waals surface area contributed by atoms with Crippen molar-refractivity contribution in [2.75, 3.05) is 5.01 Å². The molecule has 0 aromatic heterocycles. The van der Waals surface area contributed by atoms with Gasteiger partial charge in [0.1, 0.15) is 0 Å². The van der Waals surface area contributed by atoms with Crippen LogP contribution in [0.3, 0.4) is 0 Å². The van der Waals surface area contributed by atoms with E-state index in [0.29, 0.717) is 0 Å². The summed E-state index contributed by atoms with van der Waals surface area (Å²) in [5, 5.41) is 6.70. The molecule has 2 aromatic rings. The van der Waals surface area contributed by atoms with E-state index in [1.165, 1.54) is 0 Å². The molecule has 0 radical (unpaired) electrons. The van der Waals surface area contributed by atoms with Crippen LogP contribution in [-0.2, 0) is 16.8 Å². The molecule has 0 bridgehead atoms. The van der Waals surface area contributed by atoms with E-state index in [2.05, 4.69) is 22.2 Å². The Morgan fingerprint density at radius 1 is 1.18 bits per heavy atom. The van der Waals surface area contributed by atoms with Crippen molar-refractivity contribution in [2.45, 2.75) is 25.1 Å². The van der Waals surface area contributed by atoms with Crippen LogP contribution >= 0.6 is 0 Å².